The molecule has 1 aromatic heterocycles. The van der Waals surface area contributed by atoms with Crippen molar-refractivity contribution in [3.63, 3.8) is 0 Å². The molecule has 0 amide bonds. The number of sulfonamides is 1. The summed E-state index contributed by atoms with van der Waals surface area (Å²) in [7, 11) is -3.52. The number of aromatic nitrogens is 3. The summed E-state index contributed by atoms with van der Waals surface area (Å²) in [6.45, 7) is 1.17. The van der Waals surface area contributed by atoms with Gasteiger partial charge in [0.2, 0.25) is 10.0 Å². The Bertz CT molecular complexity index is 1170. The van der Waals surface area contributed by atoms with Gasteiger partial charge >= 0.3 is 0 Å². The third-order valence-corrected chi connectivity index (χ3v) is 6.93. The summed E-state index contributed by atoms with van der Waals surface area (Å²) < 4.78 is 42.7. The molecule has 0 atom stereocenters. The number of hydrogen-bond acceptors (Lipinski definition) is 5. The Morgan fingerprint density at radius 3 is 2.69 bits per heavy atom. The van der Waals surface area contributed by atoms with Crippen LogP contribution in [0.3, 0.4) is 0 Å². The molecule has 0 bridgehead atoms. The molecule has 1 saturated heterocycles. The molecule has 0 unspecified atom stereocenters. The van der Waals surface area contributed by atoms with E-state index in [4.69, 9.17) is 5.73 Å². The third kappa shape index (κ3) is 3.81. The summed E-state index contributed by atoms with van der Waals surface area (Å²) in [4.78, 5) is 0.262. The fourth-order valence-electron chi connectivity index (χ4n) is 3.58. The third-order valence-electron chi connectivity index (χ3n) is 5.03. The Balaban J connectivity index is 1.74. The van der Waals surface area contributed by atoms with Crippen molar-refractivity contribution in [1.82, 2.24) is 19.3 Å². The van der Waals surface area contributed by atoms with Crippen molar-refractivity contribution in [3.05, 3.63) is 54.4 Å². The predicted octanol–water partition coefficient (Wildman–Crippen LogP) is 2.69. The van der Waals surface area contributed by atoms with Crippen LogP contribution in [-0.4, -0.2) is 47.4 Å². The highest BCUT2D eigenvalue weighted by Gasteiger charge is 2.27. The number of nitrogens with zero attached hydrogens (tertiary/aromatic N) is 4. The van der Waals surface area contributed by atoms with Crippen molar-refractivity contribution in [2.45, 2.75) is 24.3 Å². The maximum atomic E-state index is 13.9. The van der Waals surface area contributed by atoms with Gasteiger partial charge in [0, 0.05) is 25.2 Å². The topological polar surface area (TPSA) is 94.1 Å². The molecule has 9 heteroatoms. The van der Waals surface area contributed by atoms with Gasteiger partial charge in [0.15, 0.2) is 0 Å². The minimum Gasteiger partial charge on any atom is -0.327 e. The van der Waals surface area contributed by atoms with Gasteiger partial charge in [-0.25, -0.2) is 17.5 Å². The number of benzene rings is 2. The average molecular weight is 415 g/mol. The van der Waals surface area contributed by atoms with E-state index in [-0.39, 0.29) is 23.8 Å². The second-order valence-electron chi connectivity index (χ2n) is 6.95. The van der Waals surface area contributed by atoms with Crippen LogP contribution in [0.4, 0.5) is 4.39 Å². The highest BCUT2D eigenvalue weighted by atomic mass is 32.2. The van der Waals surface area contributed by atoms with E-state index < -0.39 is 10.0 Å². The average Bonchev–Trinajstić information content (AvgIpc) is 3.39. The summed E-state index contributed by atoms with van der Waals surface area (Å²) in [6, 6.07) is 12.3. The summed E-state index contributed by atoms with van der Waals surface area (Å²) in [5, 5.41) is 8.26. The smallest absolute Gasteiger partial charge is 0.243 e. The molecule has 152 valence electrons. The monoisotopic (exact) mass is 415 g/mol. The van der Waals surface area contributed by atoms with Gasteiger partial charge in [0.1, 0.15) is 11.3 Å². The second-order valence-corrected chi connectivity index (χ2v) is 8.88. The molecule has 2 aromatic carbocycles. The Labute approximate surface area is 168 Å². The lowest BCUT2D eigenvalue weighted by molar-refractivity contribution is 0.477. The Morgan fingerprint density at radius 1 is 1.17 bits per heavy atom. The van der Waals surface area contributed by atoms with E-state index in [1.54, 1.807) is 24.3 Å². The van der Waals surface area contributed by atoms with Crippen LogP contribution >= 0.6 is 0 Å². The zero-order valence-electron chi connectivity index (χ0n) is 15.8. The quantitative estimate of drug-likeness (QED) is 0.668. The van der Waals surface area contributed by atoms with Gasteiger partial charge in [-0.3, -0.25) is 0 Å². The van der Waals surface area contributed by atoms with Crippen molar-refractivity contribution in [1.29, 1.82) is 0 Å². The fraction of sp³-hybridized carbons (Fsp3) is 0.300. The minimum absolute atomic E-state index is 0.0550. The molecule has 7 nitrogen and oxygen atoms in total. The highest BCUT2D eigenvalue weighted by molar-refractivity contribution is 7.89. The van der Waals surface area contributed by atoms with Gasteiger partial charge in [0.25, 0.3) is 0 Å². The van der Waals surface area contributed by atoms with Crippen LogP contribution in [0.5, 0.6) is 0 Å². The summed E-state index contributed by atoms with van der Waals surface area (Å²) in [6.07, 6.45) is 3.07. The Hall–Kier alpha value is -2.62. The zero-order valence-corrected chi connectivity index (χ0v) is 16.6. The minimum atomic E-state index is -3.52. The summed E-state index contributed by atoms with van der Waals surface area (Å²) in [5.74, 6) is -0.386. The van der Waals surface area contributed by atoms with E-state index >= 15 is 0 Å². The first-order valence-corrected chi connectivity index (χ1v) is 10.9. The van der Waals surface area contributed by atoms with Crippen LogP contribution in [0.1, 0.15) is 12.8 Å². The molecule has 1 fully saturated rings. The lowest BCUT2D eigenvalue weighted by atomic mass is 10.0. The van der Waals surface area contributed by atoms with Gasteiger partial charge in [0.05, 0.1) is 17.0 Å². The largest absolute Gasteiger partial charge is 0.327 e. The molecule has 2 heterocycles. The molecule has 2 N–H and O–H groups in total. The maximum absolute atomic E-state index is 13.9. The van der Waals surface area contributed by atoms with E-state index in [1.807, 2.05) is 18.2 Å². The van der Waals surface area contributed by atoms with E-state index in [1.165, 1.54) is 15.1 Å². The molecule has 0 radical (unpaired) electrons. The molecule has 1 aliphatic rings. The first-order valence-electron chi connectivity index (χ1n) is 9.48. The van der Waals surface area contributed by atoms with Crippen molar-refractivity contribution in [3.8, 4) is 11.1 Å². The van der Waals surface area contributed by atoms with Crippen molar-refractivity contribution in [2.75, 3.05) is 19.6 Å². The van der Waals surface area contributed by atoms with Gasteiger partial charge in [-0.15, -0.1) is 5.10 Å². The van der Waals surface area contributed by atoms with Crippen molar-refractivity contribution < 1.29 is 12.8 Å². The molecule has 3 aromatic rings. The van der Waals surface area contributed by atoms with Crippen LogP contribution in [0, 0.1) is 0 Å². The van der Waals surface area contributed by atoms with Gasteiger partial charge in [-0.2, -0.15) is 4.31 Å². The van der Waals surface area contributed by atoms with Crippen LogP contribution in [-0.2, 0) is 16.6 Å². The van der Waals surface area contributed by atoms with Crippen LogP contribution in [0.15, 0.2) is 59.3 Å². The Morgan fingerprint density at radius 2 is 1.93 bits per heavy atom. The molecule has 0 spiro atoms. The SMILES string of the molecule is NC/C=C(\F)Cn1nnc2c(-c3cccc(S(=O)(=O)N4CCCC4)c3)cccc21. The van der Waals surface area contributed by atoms with Crippen LogP contribution < -0.4 is 5.73 Å². The van der Waals surface area contributed by atoms with Crippen molar-refractivity contribution in [2.24, 2.45) is 5.73 Å². The normalized spacial score (nSPS) is 16.0. The lowest BCUT2D eigenvalue weighted by Crippen LogP contribution is -2.27. The fourth-order valence-corrected chi connectivity index (χ4v) is 5.14. The van der Waals surface area contributed by atoms with Crippen LogP contribution in [0.2, 0.25) is 0 Å². The predicted molar refractivity (Wildman–Crippen MR) is 109 cm³/mol. The molecular formula is C20H22FN5O2S. The van der Waals surface area contributed by atoms with E-state index in [0.717, 1.165) is 24.0 Å². The van der Waals surface area contributed by atoms with Crippen LogP contribution in [0.25, 0.3) is 22.2 Å². The number of allylic oxidation sites excluding steroid dienone is 1. The van der Waals surface area contributed by atoms with Gasteiger partial charge < -0.3 is 5.73 Å². The first-order chi connectivity index (χ1) is 14.0. The maximum Gasteiger partial charge on any atom is 0.243 e. The number of hydrogen-bond donors (Lipinski definition) is 1. The molecular weight excluding hydrogens is 393 g/mol. The second kappa shape index (κ2) is 8.02. The van der Waals surface area contributed by atoms with Crippen molar-refractivity contribution >= 4 is 21.1 Å². The van der Waals surface area contributed by atoms with E-state index in [0.29, 0.717) is 24.1 Å². The summed E-state index contributed by atoms with van der Waals surface area (Å²) in [5.41, 5.74) is 8.07. The first kappa shape index (κ1) is 19.7. The molecule has 4 rings (SSSR count). The molecule has 29 heavy (non-hydrogen) atoms. The number of fused-ring (bicyclic) bond motifs is 1. The molecule has 0 aliphatic carbocycles. The Kier molecular flexibility index (Phi) is 5.44. The molecule has 1 aliphatic heterocycles. The number of rotatable bonds is 6. The van der Waals surface area contributed by atoms with E-state index in [2.05, 4.69) is 10.3 Å². The molecule has 0 saturated carbocycles. The summed E-state index contributed by atoms with van der Waals surface area (Å²) >= 11 is 0. The zero-order chi connectivity index (χ0) is 20.4. The number of nitrogens with two attached hydrogens (primary N) is 1. The van der Waals surface area contributed by atoms with E-state index in [9.17, 15) is 12.8 Å². The van der Waals surface area contributed by atoms with Gasteiger partial charge in [-0.05, 0) is 42.7 Å². The van der Waals surface area contributed by atoms with Gasteiger partial charge in [-0.1, -0.05) is 29.5 Å². The number of halogens is 1. The standard InChI is InChI=1S/C20H22FN5O2S/c21-16(9-10-22)14-26-19-8-4-7-18(20(19)23-24-26)15-5-3-6-17(13-15)29(27,28)25-11-1-2-12-25/h3-9,13H,1-2,10-12,14,22H2/b16-9-. The lowest BCUT2D eigenvalue weighted by Gasteiger charge is -2.16. The highest BCUT2D eigenvalue weighted by Crippen LogP contribution is 2.30.